The molecule has 0 aliphatic heterocycles. The number of hydrogen-bond donors (Lipinski definition) is 3. The van der Waals surface area contributed by atoms with Gasteiger partial charge in [-0.05, 0) is 37.0 Å². The minimum Gasteiger partial charge on any atom is -0.361 e. The number of nitrogens with zero attached hydrogens (tertiary/aromatic N) is 3. The molecule has 26 heavy (non-hydrogen) atoms. The minimum absolute atomic E-state index is 0. The maximum absolute atomic E-state index is 4.28. The molecule has 3 rings (SSSR count). The zero-order valence-electron chi connectivity index (χ0n) is 15.3. The van der Waals surface area contributed by atoms with Crippen LogP contribution < -0.4 is 10.6 Å². The van der Waals surface area contributed by atoms with Crippen LogP contribution in [0.3, 0.4) is 0 Å². The van der Waals surface area contributed by atoms with Crippen LogP contribution in [-0.2, 0) is 13.0 Å². The van der Waals surface area contributed by atoms with Gasteiger partial charge >= 0.3 is 0 Å². The van der Waals surface area contributed by atoms with Crippen molar-refractivity contribution in [3.05, 3.63) is 54.2 Å². The van der Waals surface area contributed by atoms with E-state index in [0.29, 0.717) is 0 Å². The van der Waals surface area contributed by atoms with Crippen LogP contribution in [0.2, 0.25) is 0 Å². The summed E-state index contributed by atoms with van der Waals surface area (Å²) in [7, 11) is 1.81. The summed E-state index contributed by atoms with van der Waals surface area (Å²) >= 11 is 0. The summed E-state index contributed by atoms with van der Waals surface area (Å²) in [6.45, 7) is 4.80. The first kappa shape index (κ1) is 20.3. The Bertz CT molecular complexity index is 822. The largest absolute Gasteiger partial charge is 0.361 e. The number of fused-ring (bicyclic) bond motifs is 1. The van der Waals surface area contributed by atoms with E-state index in [0.717, 1.165) is 38.4 Å². The van der Waals surface area contributed by atoms with Crippen LogP contribution in [-0.4, -0.2) is 40.6 Å². The number of aromatic nitrogens is 3. The zero-order valence-corrected chi connectivity index (χ0v) is 17.7. The Morgan fingerprint density at radius 1 is 1.27 bits per heavy atom. The van der Waals surface area contributed by atoms with Gasteiger partial charge in [-0.15, -0.1) is 24.0 Å². The maximum Gasteiger partial charge on any atom is 0.190 e. The number of nitrogens with one attached hydrogen (secondary N) is 3. The summed E-state index contributed by atoms with van der Waals surface area (Å²) < 4.78 is 2.08. The molecule has 0 fully saturated rings. The molecule has 2 aromatic heterocycles. The highest BCUT2D eigenvalue weighted by Crippen LogP contribution is 2.19. The van der Waals surface area contributed by atoms with E-state index in [9.17, 15) is 0 Å². The molecule has 140 valence electrons. The Kier molecular flexibility index (Phi) is 7.96. The molecular weight excluding hydrogens is 439 g/mol. The average Bonchev–Trinajstić information content (AvgIpc) is 3.26. The van der Waals surface area contributed by atoms with Gasteiger partial charge in [0.1, 0.15) is 0 Å². The van der Waals surface area contributed by atoms with Gasteiger partial charge in [-0.25, -0.2) is 4.98 Å². The SMILES string of the molecule is CN=C(NCCCn1ccnc1)NCCc1c[nH]c2cc(C)ccc12.I. The maximum atomic E-state index is 4.28. The molecule has 0 aliphatic rings. The summed E-state index contributed by atoms with van der Waals surface area (Å²) in [5.41, 5.74) is 3.81. The first-order valence-corrected chi connectivity index (χ1v) is 8.73. The summed E-state index contributed by atoms with van der Waals surface area (Å²) in [6, 6.07) is 6.54. The molecule has 3 aromatic rings. The number of benzene rings is 1. The third-order valence-electron chi connectivity index (χ3n) is 4.28. The Hall–Kier alpha value is -2.03. The van der Waals surface area contributed by atoms with Crippen molar-refractivity contribution in [3.8, 4) is 0 Å². The quantitative estimate of drug-likeness (QED) is 0.217. The van der Waals surface area contributed by atoms with Gasteiger partial charge in [0.05, 0.1) is 6.33 Å². The number of rotatable bonds is 7. The molecular formula is C19H27IN6. The van der Waals surface area contributed by atoms with Crippen LogP contribution in [0.25, 0.3) is 10.9 Å². The van der Waals surface area contributed by atoms with Crippen molar-refractivity contribution in [2.45, 2.75) is 26.3 Å². The molecule has 2 heterocycles. The van der Waals surface area contributed by atoms with Crippen molar-refractivity contribution < 1.29 is 0 Å². The van der Waals surface area contributed by atoms with Gasteiger partial charge < -0.3 is 20.2 Å². The van der Waals surface area contributed by atoms with Crippen LogP contribution in [0.5, 0.6) is 0 Å². The van der Waals surface area contributed by atoms with E-state index in [1.807, 2.05) is 12.5 Å². The van der Waals surface area contributed by atoms with Crippen molar-refractivity contribution in [1.82, 2.24) is 25.2 Å². The van der Waals surface area contributed by atoms with E-state index in [2.05, 4.69) is 61.5 Å². The summed E-state index contributed by atoms with van der Waals surface area (Å²) in [5, 5.41) is 8.04. The Balaban J connectivity index is 0.00000243. The second-order valence-corrected chi connectivity index (χ2v) is 6.19. The number of imidazole rings is 1. The molecule has 0 radical (unpaired) electrons. The first-order chi connectivity index (χ1) is 12.3. The lowest BCUT2D eigenvalue weighted by Crippen LogP contribution is -2.38. The van der Waals surface area contributed by atoms with Crippen LogP contribution in [0.1, 0.15) is 17.5 Å². The third kappa shape index (κ3) is 5.48. The molecule has 7 heteroatoms. The number of aliphatic imine (C=N–C) groups is 1. The Morgan fingerprint density at radius 3 is 2.88 bits per heavy atom. The molecule has 0 unspecified atom stereocenters. The number of guanidine groups is 1. The van der Waals surface area contributed by atoms with Crippen molar-refractivity contribution in [1.29, 1.82) is 0 Å². The normalized spacial score (nSPS) is 11.4. The summed E-state index contributed by atoms with van der Waals surface area (Å²) in [6.07, 6.45) is 9.72. The van der Waals surface area contributed by atoms with Crippen LogP contribution >= 0.6 is 24.0 Å². The molecule has 1 aromatic carbocycles. The summed E-state index contributed by atoms with van der Waals surface area (Å²) in [5.74, 6) is 0.848. The van der Waals surface area contributed by atoms with Crippen molar-refractivity contribution >= 4 is 40.8 Å². The standard InChI is InChI=1S/C19H26N6.HI/c1-15-4-5-17-16(13-24-18(17)12-15)6-8-23-19(20-2)22-7-3-10-25-11-9-21-14-25;/h4-5,9,11-14,24H,3,6-8,10H2,1-2H3,(H2,20,22,23);1H. The van der Waals surface area contributed by atoms with E-state index < -0.39 is 0 Å². The fourth-order valence-electron chi connectivity index (χ4n) is 2.93. The Labute approximate surface area is 171 Å². The highest BCUT2D eigenvalue weighted by Gasteiger charge is 2.04. The molecule has 0 bridgehead atoms. The van der Waals surface area contributed by atoms with E-state index in [1.165, 1.54) is 22.0 Å². The van der Waals surface area contributed by atoms with Crippen molar-refractivity contribution in [2.75, 3.05) is 20.1 Å². The third-order valence-corrected chi connectivity index (χ3v) is 4.28. The number of aromatic amines is 1. The number of aryl methyl sites for hydroxylation is 2. The van der Waals surface area contributed by atoms with Crippen molar-refractivity contribution in [3.63, 3.8) is 0 Å². The molecule has 0 saturated carbocycles. The van der Waals surface area contributed by atoms with Crippen LogP contribution in [0, 0.1) is 6.92 Å². The van der Waals surface area contributed by atoms with Crippen LogP contribution in [0.4, 0.5) is 0 Å². The van der Waals surface area contributed by atoms with Gasteiger partial charge in [0.25, 0.3) is 0 Å². The number of H-pyrrole nitrogens is 1. The lowest BCUT2D eigenvalue weighted by molar-refractivity contribution is 0.624. The number of halogens is 1. The predicted octanol–water partition coefficient (Wildman–Crippen LogP) is 3.09. The van der Waals surface area contributed by atoms with E-state index in [1.54, 1.807) is 13.2 Å². The molecule has 0 spiro atoms. The van der Waals surface area contributed by atoms with Gasteiger partial charge in [-0.3, -0.25) is 4.99 Å². The average molecular weight is 466 g/mol. The fraction of sp³-hybridized carbons (Fsp3) is 0.368. The van der Waals surface area contributed by atoms with Gasteiger partial charge in [0.2, 0.25) is 0 Å². The summed E-state index contributed by atoms with van der Waals surface area (Å²) in [4.78, 5) is 11.7. The second-order valence-electron chi connectivity index (χ2n) is 6.19. The lowest BCUT2D eigenvalue weighted by atomic mass is 10.1. The van der Waals surface area contributed by atoms with E-state index in [4.69, 9.17) is 0 Å². The molecule has 3 N–H and O–H groups in total. The van der Waals surface area contributed by atoms with Gasteiger partial charge in [-0.1, -0.05) is 12.1 Å². The van der Waals surface area contributed by atoms with E-state index >= 15 is 0 Å². The van der Waals surface area contributed by atoms with Gasteiger partial charge in [0, 0.05) is 56.2 Å². The highest BCUT2D eigenvalue weighted by atomic mass is 127. The fourth-order valence-corrected chi connectivity index (χ4v) is 2.93. The number of hydrogen-bond acceptors (Lipinski definition) is 2. The first-order valence-electron chi connectivity index (χ1n) is 8.73. The molecule has 0 atom stereocenters. The van der Waals surface area contributed by atoms with Gasteiger partial charge in [0.15, 0.2) is 5.96 Å². The van der Waals surface area contributed by atoms with Crippen LogP contribution in [0.15, 0.2) is 48.1 Å². The second kappa shape index (κ2) is 10.2. The molecule has 0 saturated heterocycles. The lowest BCUT2D eigenvalue weighted by Gasteiger charge is -2.11. The highest BCUT2D eigenvalue weighted by molar-refractivity contribution is 14.0. The van der Waals surface area contributed by atoms with E-state index in [-0.39, 0.29) is 24.0 Å². The molecule has 6 nitrogen and oxygen atoms in total. The zero-order chi connectivity index (χ0) is 17.5. The predicted molar refractivity (Wildman–Crippen MR) is 118 cm³/mol. The minimum atomic E-state index is 0. The molecule has 0 amide bonds. The monoisotopic (exact) mass is 466 g/mol. The van der Waals surface area contributed by atoms with Crippen molar-refractivity contribution in [2.24, 2.45) is 4.99 Å². The smallest absolute Gasteiger partial charge is 0.190 e. The van der Waals surface area contributed by atoms with Gasteiger partial charge in [-0.2, -0.15) is 0 Å². The topological polar surface area (TPSA) is 70.0 Å². The Morgan fingerprint density at radius 2 is 2.12 bits per heavy atom. The molecule has 0 aliphatic carbocycles.